The molecule has 1 aliphatic rings. The number of benzene rings is 2. The summed E-state index contributed by atoms with van der Waals surface area (Å²) in [4.78, 5) is 23.9. The van der Waals surface area contributed by atoms with E-state index in [9.17, 15) is 4.39 Å². The molecule has 9 nitrogen and oxygen atoms in total. The number of aromatic nitrogens is 6. The Labute approximate surface area is 182 Å². The van der Waals surface area contributed by atoms with Crippen molar-refractivity contribution in [1.29, 1.82) is 0 Å². The highest BCUT2D eigenvalue weighted by Crippen LogP contribution is 2.27. The summed E-state index contributed by atoms with van der Waals surface area (Å²) in [6.45, 7) is 1.80. The molecule has 1 saturated heterocycles. The van der Waals surface area contributed by atoms with Crippen molar-refractivity contribution in [3.63, 3.8) is 0 Å². The summed E-state index contributed by atoms with van der Waals surface area (Å²) in [6.07, 6.45) is 1.63. The lowest BCUT2D eigenvalue weighted by molar-refractivity contribution is 0.509. The monoisotopic (exact) mass is 429 g/mol. The second-order valence-electron chi connectivity index (χ2n) is 7.86. The molecule has 4 heterocycles. The maximum Gasteiger partial charge on any atom is 0.229 e. The number of hydrogen-bond acceptors (Lipinski definition) is 7. The normalized spacial score (nSPS) is 14.2. The number of fused-ring (bicyclic) bond motifs is 2. The minimum atomic E-state index is -0.324. The molecule has 0 spiro atoms. The van der Waals surface area contributed by atoms with E-state index in [0.717, 1.165) is 16.9 Å². The molecule has 1 aliphatic heterocycles. The Hall–Kier alpha value is -4.05. The number of halogens is 1. The minimum Gasteiger partial charge on any atom is -0.361 e. The molecule has 0 unspecified atom stereocenters. The van der Waals surface area contributed by atoms with E-state index in [4.69, 9.17) is 15.7 Å². The van der Waals surface area contributed by atoms with Crippen LogP contribution in [0.15, 0.2) is 54.9 Å². The summed E-state index contributed by atoms with van der Waals surface area (Å²) in [7, 11) is 0. The van der Waals surface area contributed by atoms with Gasteiger partial charge in [0.25, 0.3) is 0 Å². The highest BCUT2D eigenvalue weighted by Gasteiger charge is 2.27. The molecule has 10 heteroatoms. The first-order chi connectivity index (χ1) is 15.6. The lowest BCUT2D eigenvalue weighted by Gasteiger charge is -2.36. The molecule has 0 amide bonds. The van der Waals surface area contributed by atoms with Crippen molar-refractivity contribution in [3.8, 4) is 5.69 Å². The lowest BCUT2D eigenvalue weighted by atomic mass is 10.1. The van der Waals surface area contributed by atoms with E-state index >= 15 is 0 Å². The average Bonchev–Trinajstić information content (AvgIpc) is 3.39. The molecule has 0 atom stereocenters. The quantitative estimate of drug-likeness (QED) is 0.393. The van der Waals surface area contributed by atoms with Crippen LogP contribution in [0.25, 0.3) is 27.9 Å². The van der Waals surface area contributed by atoms with Crippen LogP contribution in [0, 0.1) is 5.82 Å². The SMILES string of the molecule is NC1CN(c2nc(NCc3nc4ccccc4[nH]3)c3ncn(-c4cccc(F)c4)c3n2)C1. The number of para-hydroxylation sites is 2. The molecular weight excluding hydrogens is 409 g/mol. The molecule has 4 N–H and O–H groups in total. The van der Waals surface area contributed by atoms with Gasteiger partial charge in [0.05, 0.1) is 23.3 Å². The van der Waals surface area contributed by atoms with E-state index < -0.39 is 0 Å². The molecule has 0 aliphatic carbocycles. The van der Waals surface area contributed by atoms with Gasteiger partial charge in [0.1, 0.15) is 18.0 Å². The Morgan fingerprint density at radius 1 is 1.09 bits per heavy atom. The van der Waals surface area contributed by atoms with Gasteiger partial charge in [0, 0.05) is 19.1 Å². The Kier molecular flexibility index (Phi) is 4.25. The van der Waals surface area contributed by atoms with Crippen LogP contribution in [-0.2, 0) is 6.54 Å². The zero-order valence-electron chi connectivity index (χ0n) is 17.0. The predicted molar refractivity (Wildman–Crippen MR) is 120 cm³/mol. The third-order valence-corrected chi connectivity index (χ3v) is 5.53. The van der Waals surface area contributed by atoms with Crippen LogP contribution in [0.4, 0.5) is 16.2 Å². The van der Waals surface area contributed by atoms with E-state index in [1.807, 2.05) is 35.2 Å². The molecule has 3 aromatic heterocycles. The first-order valence-electron chi connectivity index (χ1n) is 10.3. The lowest BCUT2D eigenvalue weighted by Crippen LogP contribution is -2.56. The van der Waals surface area contributed by atoms with Crippen molar-refractivity contribution in [2.24, 2.45) is 5.73 Å². The molecule has 0 bridgehead atoms. The van der Waals surface area contributed by atoms with Crippen molar-refractivity contribution >= 4 is 34.0 Å². The number of anilines is 2. The molecule has 6 rings (SSSR count). The molecule has 1 fully saturated rings. The van der Waals surface area contributed by atoms with Crippen LogP contribution in [0.2, 0.25) is 0 Å². The number of aromatic amines is 1. The second kappa shape index (κ2) is 7.27. The summed E-state index contributed by atoms with van der Waals surface area (Å²) in [5, 5.41) is 3.34. The summed E-state index contributed by atoms with van der Waals surface area (Å²) in [5.41, 5.74) is 9.67. The highest BCUT2D eigenvalue weighted by molar-refractivity contribution is 5.85. The summed E-state index contributed by atoms with van der Waals surface area (Å²) in [5.74, 6) is 1.61. The fourth-order valence-corrected chi connectivity index (χ4v) is 3.90. The van der Waals surface area contributed by atoms with Gasteiger partial charge in [-0.15, -0.1) is 0 Å². The van der Waals surface area contributed by atoms with Gasteiger partial charge in [-0.05, 0) is 30.3 Å². The van der Waals surface area contributed by atoms with Gasteiger partial charge >= 0.3 is 0 Å². The van der Waals surface area contributed by atoms with Crippen molar-refractivity contribution in [3.05, 3.63) is 66.5 Å². The van der Waals surface area contributed by atoms with Crippen molar-refractivity contribution in [1.82, 2.24) is 29.5 Å². The smallest absolute Gasteiger partial charge is 0.229 e. The average molecular weight is 429 g/mol. The van der Waals surface area contributed by atoms with Crippen molar-refractivity contribution in [2.75, 3.05) is 23.3 Å². The first-order valence-corrected chi connectivity index (χ1v) is 10.3. The molecule has 2 aromatic carbocycles. The number of nitrogens with one attached hydrogen (secondary N) is 2. The van der Waals surface area contributed by atoms with E-state index in [2.05, 4.69) is 20.3 Å². The number of H-pyrrole nitrogens is 1. The topological polar surface area (TPSA) is 114 Å². The Balaban J connectivity index is 1.40. The third-order valence-electron chi connectivity index (χ3n) is 5.53. The predicted octanol–water partition coefficient (Wildman–Crippen LogP) is 2.59. The molecule has 0 saturated carbocycles. The van der Waals surface area contributed by atoms with Crippen molar-refractivity contribution < 1.29 is 4.39 Å². The molecule has 160 valence electrons. The Morgan fingerprint density at radius 3 is 2.78 bits per heavy atom. The van der Waals surface area contributed by atoms with E-state index in [1.165, 1.54) is 12.1 Å². The fraction of sp³-hybridized carbons (Fsp3) is 0.182. The molecule has 5 aromatic rings. The maximum atomic E-state index is 13.8. The largest absolute Gasteiger partial charge is 0.361 e. The van der Waals surface area contributed by atoms with Crippen LogP contribution >= 0.6 is 0 Å². The maximum absolute atomic E-state index is 13.8. The van der Waals surface area contributed by atoms with Gasteiger partial charge in [0.15, 0.2) is 17.0 Å². The van der Waals surface area contributed by atoms with E-state index in [1.54, 1.807) is 17.0 Å². The number of rotatable bonds is 5. The second-order valence-corrected chi connectivity index (χ2v) is 7.86. The zero-order chi connectivity index (χ0) is 21.7. The number of nitrogens with two attached hydrogens (primary N) is 1. The fourth-order valence-electron chi connectivity index (χ4n) is 3.90. The summed E-state index contributed by atoms with van der Waals surface area (Å²) < 4.78 is 15.6. The van der Waals surface area contributed by atoms with Crippen LogP contribution in [0.5, 0.6) is 0 Å². The summed E-state index contributed by atoms with van der Waals surface area (Å²) in [6, 6.07) is 14.3. The summed E-state index contributed by atoms with van der Waals surface area (Å²) >= 11 is 0. The molecule has 0 radical (unpaired) electrons. The highest BCUT2D eigenvalue weighted by atomic mass is 19.1. The Morgan fingerprint density at radius 2 is 1.97 bits per heavy atom. The third kappa shape index (κ3) is 3.21. The van der Waals surface area contributed by atoms with Gasteiger partial charge in [-0.25, -0.2) is 14.4 Å². The van der Waals surface area contributed by atoms with Crippen LogP contribution in [0.1, 0.15) is 5.82 Å². The van der Waals surface area contributed by atoms with Gasteiger partial charge in [-0.1, -0.05) is 18.2 Å². The molecular formula is C22H20FN9. The number of imidazole rings is 2. The zero-order valence-corrected chi connectivity index (χ0v) is 17.0. The van der Waals surface area contributed by atoms with Gasteiger partial charge in [-0.3, -0.25) is 4.57 Å². The Bertz CT molecular complexity index is 1400. The van der Waals surface area contributed by atoms with E-state index in [-0.39, 0.29) is 11.9 Å². The minimum absolute atomic E-state index is 0.106. The van der Waals surface area contributed by atoms with Crippen LogP contribution in [0.3, 0.4) is 0 Å². The van der Waals surface area contributed by atoms with Crippen LogP contribution < -0.4 is 16.0 Å². The van der Waals surface area contributed by atoms with Gasteiger partial charge in [-0.2, -0.15) is 9.97 Å². The van der Waals surface area contributed by atoms with Crippen molar-refractivity contribution in [2.45, 2.75) is 12.6 Å². The van der Waals surface area contributed by atoms with Gasteiger partial charge in [0.2, 0.25) is 5.95 Å². The number of nitrogens with zero attached hydrogens (tertiary/aromatic N) is 6. The standard InChI is InChI=1S/C22H20FN9/c23-13-4-3-5-15(8-13)32-12-26-19-20(29-22(30-21(19)32)31-10-14(24)11-31)25-9-18-27-16-6-1-2-7-17(16)28-18/h1-8,12,14H,9-11,24H2,(H,27,28)(H,25,29,30). The molecule has 32 heavy (non-hydrogen) atoms. The number of hydrogen-bond donors (Lipinski definition) is 3. The van der Waals surface area contributed by atoms with Crippen LogP contribution in [-0.4, -0.2) is 48.6 Å². The van der Waals surface area contributed by atoms with Gasteiger partial charge < -0.3 is 20.9 Å². The van der Waals surface area contributed by atoms with E-state index in [0.29, 0.717) is 48.3 Å². The first kappa shape index (κ1) is 18.7.